The SMILES string of the molecule is O=Cc1cc2scnc2n1CC1CCC1. The van der Waals surface area contributed by atoms with Crippen molar-refractivity contribution in [1.29, 1.82) is 0 Å². The van der Waals surface area contributed by atoms with Crippen LogP contribution in [-0.2, 0) is 6.54 Å². The molecule has 1 aliphatic carbocycles. The van der Waals surface area contributed by atoms with Crippen molar-refractivity contribution < 1.29 is 4.79 Å². The van der Waals surface area contributed by atoms with Crippen molar-refractivity contribution in [2.24, 2.45) is 5.92 Å². The summed E-state index contributed by atoms with van der Waals surface area (Å²) in [5.74, 6) is 0.751. The Balaban J connectivity index is 2.03. The molecule has 0 spiro atoms. The van der Waals surface area contributed by atoms with Crippen LogP contribution in [0.25, 0.3) is 10.3 Å². The van der Waals surface area contributed by atoms with Gasteiger partial charge in [0, 0.05) is 6.54 Å². The maximum absolute atomic E-state index is 10.9. The van der Waals surface area contributed by atoms with Gasteiger partial charge in [-0.1, -0.05) is 6.42 Å². The topological polar surface area (TPSA) is 34.9 Å². The van der Waals surface area contributed by atoms with Crippen LogP contribution in [0.2, 0.25) is 0 Å². The van der Waals surface area contributed by atoms with E-state index in [9.17, 15) is 4.79 Å². The van der Waals surface area contributed by atoms with Gasteiger partial charge in [-0.25, -0.2) is 4.98 Å². The standard InChI is InChI=1S/C11H12N2OS/c14-6-9-4-10-11(12-7-15-10)13(9)5-8-2-1-3-8/h4,6-8H,1-3,5H2. The number of hydrogen-bond acceptors (Lipinski definition) is 3. The molecule has 1 aliphatic rings. The minimum absolute atomic E-state index is 0.751. The van der Waals surface area contributed by atoms with Crippen LogP contribution in [0.3, 0.4) is 0 Å². The summed E-state index contributed by atoms with van der Waals surface area (Å²) in [5, 5.41) is 0. The molecule has 0 saturated heterocycles. The normalized spacial score (nSPS) is 16.8. The van der Waals surface area contributed by atoms with E-state index >= 15 is 0 Å². The first kappa shape index (κ1) is 9.09. The van der Waals surface area contributed by atoms with Crippen LogP contribution in [0.4, 0.5) is 0 Å². The first-order valence-electron chi connectivity index (χ1n) is 5.26. The van der Waals surface area contributed by atoms with E-state index in [1.807, 2.05) is 11.6 Å². The lowest BCUT2D eigenvalue weighted by atomic mass is 9.85. The zero-order chi connectivity index (χ0) is 10.3. The third-order valence-corrected chi connectivity index (χ3v) is 3.97. The van der Waals surface area contributed by atoms with Gasteiger partial charge in [0.05, 0.1) is 15.9 Å². The summed E-state index contributed by atoms with van der Waals surface area (Å²) in [6, 6.07) is 1.94. The number of carbonyl (C=O) groups excluding carboxylic acids is 1. The van der Waals surface area contributed by atoms with Crippen molar-refractivity contribution in [1.82, 2.24) is 9.55 Å². The van der Waals surface area contributed by atoms with Crippen molar-refractivity contribution in [3.8, 4) is 0 Å². The Kier molecular flexibility index (Phi) is 2.09. The molecule has 0 amide bonds. The van der Waals surface area contributed by atoms with Crippen molar-refractivity contribution in [3.05, 3.63) is 17.3 Å². The maximum Gasteiger partial charge on any atom is 0.166 e. The number of aromatic nitrogens is 2. The fraction of sp³-hybridized carbons (Fsp3) is 0.455. The number of fused-ring (bicyclic) bond motifs is 1. The van der Waals surface area contributed by atoms with Gasteiger partial charge in [-0.15, -0.1) is 11.3 Å². The van der Waals surface area contributed by atoms with Gasteiger partial charge in [-0.3, -0.25) is 4.79 Å². The number of carbonyl (C=O) groups is 1. The zero-order valence-corrected chi connectivity index (χ0v) is 9.17. The van der Waals surface area contributed by atoms with E-state index < -0.39 is 0 Å². The van der Waals surface area contributed by atoms with E-state index in [1.165, 1.54) is 19.3 Å². The fourth-order valence-corrected chi connectivity index (χ4v) is 2.83. The molecule has 4 heteroatoms. The molecule has 3 nitrogen and oxygen atoms in total. The Morgan fingerprint density at radius 1 is 1.60 bits per heavy atom. The van der Waals surface area contributed by atoms with Crippen LogP contribution >= 0.6 is 11.3 Å². The molecule has 0 radical (unpaired) electrons. The average molecular weight is 220 g/mol. The summed E-state index contributed by atoms with van der Waals surface area (Å²) in [7, 11) is 0. The van der Waals surface area contributed by atoms with Gasteiger partial charge in [-0.05, 0) is 24.8 Å². The Labute approximate surface area is 91.7 Å². The van der Waals surface area contributed by atoms with Gasteiger partial charge in [0.25, 0.3) is 0 Å². The Morgan fingerprint density at radius 2 is 2.47 bits per heavy atom. The highest BCUT2D eigenvalue weighted by Crippen LogP contribution is 2.30. The molecule has 0 N–H and O–H groups in total. The van der Waals surface area contributed by atoms with E-state index in [2.05, 4.69) is 9.55 Å². The molecule has 0 aliphatic heterocycles. The van der Waals surface area contributed by atoms with Gasteiger partial charge in [0.15, 0.2) is 11.9 Å². The molecule has 1 saturated carbocycles. The molecule has 2 aromatic rings. The summed E-state index contributed by atoms with van der Waals surface area (Å²) in [6.45, 7) is 0.960. The smallest absolute Gasteiger partial charge is 0.166 e. The van der Waals surface area contributed by atoms with Crippen molar-refractivity contribution in [3.63, 3.8) is 0 Å². The van der Waals surface area contributed by atoms with Gasteiger partial charge >= 0.3 is 0 Å². The second kappa shape index (κ2) is 3.45. The molecular formula is C11H12N2OS. The largest absolute Gasteiger partial charge is 0.322 e. The Bertz CT molecular complexity index is 496. The number of hydrogen-bond donors (Lipinski definition) is 0. The second-order valence-corrected chi connectivity index (χ2v) is 5.02. The number of aldehydes is 1. The highest BCUT2D eigenvalue weighted by Gasteiger charge is 2.20. The van der Waals surface area contributed by atoms with Crippen LogP contribution in [0.5, 0.6) is 0 Å². The van der Waals surface area contributed by atoms with E-state index in [-0.39, 0.29) is 0 Å². The minimum atomic E-state index is 0.751. The second-order valence-electron chi connectivity index (χ2n) is 4.13. The Hall–Kier alpha value is -1.16. The predicted molar refractivity (Wildman–Crippen MR) is 60.3 cm³/mol. The average Bonchev–Trinajstić information content (AvgIpc) is 2.71. The minimum Gasteiger partial charge on any atom is -0.322 e. The van der Waals surface area contributed by atoms with E-state index in [0.717, 1.165) is 34.8 Å². The van der Waals surface area contributed by atoms with E-state index in [4.69, 9.17) is 0 Å². The van der Waals surface area contributed by atoms with Crippen molar-refractivity contribution in [2.75, 3.05) is 0 Å². The summed E-state index contributed by atoms with van der Waals surface area (Å²) >= 11 is 1.60. The molecule has 0 unspecified atom stereocenters. The van der Waals surface area contributed by atoms with E-state index in [0.29, 0.717) is 0 Å². The lowest BCUT2D eigenvalue weighted by molar-refractivity contribution is 0.111. The summed E-state index contributed by atoms with van der Waals surface area (Å²) in [4.78, 5) is 15.3. The van der Waals surface area contributed by atoms with Crippen LogP contribution in [0.1, 0.15) is 29.8 Å². The molecule has 2 aromatic heterocycles. The number of rotatable bonds is 3. The van der Waals surface area contributed by atoms with E-state index in [1.54, 1.807) is 11.3 Å². The number of thiazole rings is 1. The maximum atomic E-state index is 10.9. The highest BCUT2D eigenvalue weighted by atomic mass is 32.1. The third-order valence-electron chi connectivity index (χ3n) is 3.21. The van der Waals surface area contributed by atoms with Crippen molar-refractivity contribution in [2.45, 2.75) is 25.8 Å². The Morgan fingerprint density at radius 3 is 3.13 bits per heavy atom. The molecule has 1 fully saturated rings. The first-order chi connectivity index (χ1) is 7.38. The molecule has 2 heterocycles. The molecular weight excluding hydrogens is 208 g/mol. The lowest BCUT2D eigenvalue weighted by Gasteiger charge is -2.26. The third kappa shape index (κ3) is 1.40. The van der Waals surface area contributed by atoms with Crippen molar-refractivity contribution >= 4 is 28.0 Å². The van der Waals surface area contributed by atoms with Crippen LogP contribution in [0, 0.1) is 5.92 Å². The molecule has 3 rings (SSSR count). The van der Waals surface area contributed by atoms with Gasteiger partial charge < -0.3 is 4.57 Å². The van der Waals surface area contributed by atoms with Gasteiger partial charge in [0.2, 0.25) is 0 Å². The summed E-state index contributed by atoms with van der Waals surface area (Å²) < 4.78 is 3.19. The lowest BCUT2D eigenvalue weighted by Crippen LogP contribution is -2.19. The van der Waals surface area contributed by atoms with Crippen LogP contribution < -0.4 is 0 Å². The molecule has 0 bridgehead atoms. The molecule has 15 heavy (non-hydrogen) atoms. The molecule has 78 valence electrons. The van der Waals surface area contributed by atoms with Gasteiger partial charge in [-0.2, -0.15) is 0 Å². The zero-order valence-electron chi connectivity index (χ0n) is 8.35. The van der Waals surface area contributed by atoms with Gasteiger partial charge in [0.1, 0.15) is 0 Å². The highest BCUT2D eigenvalue weighted by molar-refractivity contribution is 7.16. The summed E-state index contributed by atoms with van der Waals surface area (Å²) in [5.41, 5.74) is 3.60. The summed E-state index contributed by atoms with van der Waals surface area (Å²) in [6.07, 6.45) is 4.86. The van der Waals surface area contributed by atoms with Crippen LogP contribution in [-0.4, -0.2) is 15.8 Å². The predicted octanol–water partition coefficient (Wildman–Crippen LogP) is 2.71. The first-order valence-corrected chi connectivity index (χ1v) is 6.14. The van der Waals surface area contributed by atoms with Crippen LogP contribution in [0.15, 0.2) is 11.6 Å². The monoisotopic (exact) mass is 220 g/mol. The molecule has 0 atom stereocenters. The molecule has 0 aromatic carbocycles. The number of nitrogens with zero attached hydrogens (tertiary/aromatic N) is 2. The fourth-order valence-electron chi connectivity index (χ4n) is 2.11. The quantitative estimate of drug-likeness (QED) is 0.745.